The molecule has 7 heteroatoms. The summed E-state index contributed by atoms with van der Waals surface area (Å²) in [5.74, 6) is 0.970. The molecule has 2 atom stereocenters. The minimum Gasteiger partial charge on any atom is -0.497 e. The van der Waals surface area contributed by atoms with Crippen LogP contribution in [0.3, 0.4) is 0 Å². The monoisotopic (exact) mass is 494 g/mol. The molecule has 0 saturated carbocycles. The van der Waals surface area contributed by atoms with E-state index in [0.717, 1.165) is 17.4 Å². The quantitative estimate of drug-likeness (QED) is 0.165. The minimum absolute atomic E-state index is 0.00293. The van der Waals surface area contributed by atoms with Gasteiger partial charge in [0.25, 0.3) is 0 Å². The lowest BCUT2D eigenvalue weighted by molar-refractivity contribution is 0.0790. The zero-order valence-corrected chi connectivity index (χ0v) is 20.8. The number of benzene rings is 1. The fourth-order valence-corrected chi connectivity index (χ4v) is 4.57. The van der Waals surface area contributed by atoms with Gasteiger partial charge in [-0.25, -0.2) is 9.78 Å². The standard InChI is InChI=1S/C28H31ClN2O4/c1-5-8-19(6-2)18-35-28(33)31-14-13-21(20(7-3)17-31)9-12-26(32)24-16-27(29)30-25-11-10-22(34-4)15-23(24)25/h5-8,10-11,15-16,20-21H,1-3,9,12-14,17-18H2,4H3/b19-8+. The highest BCUT2D eigenvalue weighted by atomic mass is 35.5. The summed E-state index contributed by atoms with van der Waals surface area (Å²) in [6, 6.07) is 7.02. The maximum Gasteiger partial charge on any atom is 0.410 e. The number of carbonyl (C=O) groups excluding carboxylic acids is 2. The number of Topliss-reactive ketones (excluding diaryl/α,β-unsaturated/α-hetero) is 1. The number of rotatable bonds is 10. The molecule has 2 unspecified atom stereocenters. The van der Waals surface area contributed by atoms with Crippen molar-refractivity contribution in [2.75, 3.05) is 26.8 Å². The summed E-state index contributed by atoms with van der Waals surface area (Å²) in [5.41, 5.74) is 1.98. The first-order valence-corrected chi connectivity index (χ1v) is 11.9. The second-order valence-electron chi connectivity index (χ2n) is 8.47. The van der Waals surface area contributed by atoms with Crippen molar-refractivity contribution in [3.05, 3.63) is 84.6 Å². The number of carbonyl (C=O) groups is 2. The molecule has 184 valence electrons. The second kappa shape index (κ2) is 12.4. The molecular weight excluding hydrogens is 464 g/mol. The molecule has 35 heavy (non-hydrogen) atoms. The van der Waals surface area contributed by atoms with E-state index in [-0.39, 0.29) is 35.5 Å². The zero-order chi connectivity index (χ0) is 25.4. The molecule has 6 nitrogen and oxygen atoms in total. The third-order valence-electron chi connectivity index (χ3n) is 6.35. The molecule has 0 aliphatic carbocycles. The topological polar surface area (TPSA) is 68.7 Å². The van der Waals surface area contributed by atoms with E-state index in [9.17, 15) is 9.59 Å². The summed E-state index contributed by atoms with van der Waals surface area (Å²) in [6.07, 6.45) is 8.34. The Morgan fingerprint density at radius 1 is 1.26 bits per heavy atom. The number of halogens is 1. The fourth-order valence-electron chi connectivity index (χ4n) is 4.37. The molecule has 3 rings (SSSR count). The Labute approximate surface area is 211 Å². The molecule has 0 spiro atoms. The highest BCUT2D eigenvalue weighted by Crippen LogP contribution is 2.31. The Morgan fingerprint density at radius 3 is 2.74 bits per heavy atom. The van der Waals surface area contributed by atoms with E-state index in [1.807, 2.05) is 12.1 Å². The number of hydrogen-bond acceptors (Lipinski definition) is 5. The number of aromatic nitrogens is 1. The van der Waals surface area contributed by atoms with Gasteiger partial charge < -0.3 is 14.4 Å². The van der Waals surface area contributed by atoms with Crippen molar-refractivity contribution in [1.82, 2.24) is 9.88 Å². The molecule has 0 bridgehead atoms. The Kier molecular flexibility index (Phi) is 9.26. The molecule has 1 aliphatic heterocycles. The SMILES string of the molecule is C=C/C=C(\C=C)COC(=O)N1CCC(CCC(=O)c2cc(Cl)nc3ccc(OC)cc23)C(C=C)C1. The van der Waals surface area contributed by atoms with Gasteiger partial charge in [0.1, 0.15) is 17.5 Å². The first kappa shape index (κ1) is 26.2. The molecule has 2 aromatic rings. The molecular formula is C28H31ClN2O4. The molecule has 1 aromatic heterocycles. The number of pyridine rings is 1. The molecule has 1 saturated heterocycles. The van der Waals surface area contributed by atoms with Crippen LogP contribution in [0.1, 0.15) is 29.6 Å². The van der Waals surface area contributed by atoms with Crippen LogP contribution >= 0.6 is 11.6 Å². The van der Waals surface area contributed by atoms with Crippen molar-refractivity contribution in [3.63, 3.8) is 0 Å². The third kappa shape index (κ3) is 6.61. The highest BCUT2D eigenvalue weighted by Gasteiger charge is 2.31. The molecule has 0 radical (unpaired) electrons. The Bertz CT molecular complexity index is 1160. The smallest absolute Gasteiger partial charge is 0.410 e. The maximum atomic E-state index is 13.2. The Morgan fingerprint density at radius 2 is 2.06 bits per heavy atom. The first-order chi connectivity index (χ1) is 16.9. The average Bonchev–Trinajstić information content (AvgIpc) is 2.88. The Hall–Kier alpha value is -3.38. The summed E-state index contributed by atoms with van der Waals surface area (Å²) in [7, 11) is 1.58. The molecule has 0 N–H and O–H groups in total. The molecule has 2 heterocycles. The van der Waals surface area contributed by atoms with Gasteiger partial charge in [-0.2, -0.15) is 0 Å². The predicted molar refractivity (Wildman–Crippen MR) is 140 cm³/mol. The van der Waals surface area contributed by atoms with Crippen molar-refractivity contribution >= 4 is 34.4 Å². The number of allylic oxidation sites excluding steroid dienone is 2. The normalized spacial score (nSPS) is 18.1. The third-order valence-corrected chi connectivity index (χ3v) is 6.54. The lowest BCUT2D eigenvalue weighted by atomic mass is 9.81. The van der Waals surface area contributed by atoms with Crippen LogP contribution < -0.4 is 4.74 Å². The lowest BCUT2D eigenvalue weighted by Gasteiger charge is -2.36. The van der Waals surface area contributed by atoms with E-state index in [1.165, 1.54) is 0 Å². The second-order valence-corrected chi connectivity index (χ2v) is 8.86. The number of hydrogen-bond donors (Lipinski definition) is 0. The molecule has 1 amide bonds. The number of ketones is 1. The number of likely N-dealkylation sites (tertiary alicyclic amines) is 1. The number of methoxy groups -OCH3 is 1. The van der Waals surface area contributed by atoms with Gasteiger partial charge in [0.15, 0.2) is 5.78 Å². The van der Waals surface area contributed by atoms with Gasteiger partial charge in [0.05, 0.1) is 12.6 Å². The lowest BCUT2D eigenvalue weighted by Crippen LogP contribution is -2.43. The fraction of sp³-hybridized carbons (Fsp3) is 0.321. The number of nitrogens with zero attached hydrogens (tertiary/aromatic N) is 2. The van der Waals surface area contributed by atoms with Gasteiger partial charge in [-0.1, -0.05) is 49.1 Å². The van der Waals surface area contributed by atoms with Crippen molar-refractivity contribution in [3.8, 4) is 5.75 Å². The van der Waals surface area contributed by atoms with Crippen LogP contribution in [-0.2, 0) is 4.74 Å². The molecule has 1 aromatic carbocycles. The van der Waals surface area contributed by atoms with Gasteiger partial charge >= 0.3 is 6.09 Å². The van der Waals surface area contributed by atoms with Crippen molar-refractivity contribution in [2.24, 2.45) is 11.8 Å². The van der Waals surface area contributed by atoms with Crippen LogP contribution in [-0.4, -0.2) is 48.6 Å². The zero-order valence-electron chi connectivity index (χ0n) is 20.0. The van der Waals surface area contributed by atoms with Crippen LogP contribution in [0.4, 0.5) is 4.79 Å². The molecule has 1 aliphatic rings. The number of amides is 1. The number of fused-ring (bicyclic) bond motifs is 1. The van der Waals surface area contributed by atoms with Crippen molar-refractivity contribution in [2.45, 2.75) is 19.3 Å². The summed E-state index contributed by atoms with van der Waals surface area (Å²) in [5, 5.41) is 1.00. The van der Waals surface area contributed by atoms with Gasteiger partial charge in [-0.05, 0) is 54.5 Å². The summed E-state index contributed by atoms with van der Waals surface area (Å²) >= 11 is 6.18. The number of ether oxygens (including phenoxy) is 2. The van der Waals surface area contributed by atoms with Gasteiger partial charge in [0, 0.05) is 30.5 Å². The van der Waals surface area contributed by atoms with Crippen molar-refractivity contribution in [1.29, 1.82) is 0 Å². The Balaban J connectivity index is 1.63. The minimum atomic E-state index is -0.366. The predicted octanol–water partition coefficient (Wildman–Crippen LogP) is 6.42. The van der Waals surface area contributed by atoms with Gasteiger partial charge in [-0.3, -0.25) is 4.79 Å². The van der Waals surface area contributed by atoms with Gasteiger partial charge in [0.2, 0.25) is 0 Å². The summed E-state index contributed by atoms with van der Waals surface area (Å²) in [6.45, 7) is 12.5. The van der Waals surface area contributed by atoms with E-state index < -0.39 is 0 Å². The summed E-state index contributed by atoms with van der Waals surface area (Å²) < 4.78 is 10.7. The largest absolute Gasteiger partial charge is 0.497 e. The van der Waals surface area contributed by atoms with Crippen LogP contribution in [0.15, 0.2) is 73.9 Å². The maximum absolute atomic E-state index is 13.2. The van der Waals surface area contributed by atoms with E-state index >= 15 is 0 Å². The average molecular weight is 495 g/mol. The highest BCUT2D eigenvalue weighted by molar-refractivity contribution is 6.30. The number of piperidine rings is 1. The van der Waals surface area contributed by atoms with E-state index in [4.69, 9.17) is 21.1 Å². The van der Waals surface area contributed by atoms with Crippen LogP contribution in [0.5, 0.6) is 5.75 Å². The first-order valence-electron chi connectivity index (χ1n) is 11.6. The van der Waals surface area contributed by atoms with Crippen LogP contribution in [0, 0.1) is 11.8 Å². The van der Waals surface area contributed by atoms with E-state index in [2.05, 4.69) is 24.7 Å². The van der Waals surface area contributed by atoms with Crippen molar-refractivity contribution < 1.29 is 19.1 Å². The van der Waals surface area contributed by atoms with E-state index in [1.54, 1.807) is 48.4 Å². The van der Waals surface area contributed by atoms with E-state index in [0.29, 0.717) is 42.8 Å². The molecule has 1 fully saturated rings. The van der Waals surface area contributed by atoms with Gasteiger partial charge in [-0.15, -0.1) is 6.58 Å². The van der Waals surface area contributed by atoms with Crippen LogP contribution in [0.2, 0.25) is 5.15 Å². The summed E-state index contributed by atoms with van der Waals surface area (Å²) in [4.78, 5) is 31.8. The van der Waals surface area contributed by atoms with Crippen LogP contribution in [0.25, 0.3) is 10.9 Å².